The van der Waals surface area contributed by atoms with Crippen molar-refractivity contribution < 1.29 is 23.9 Å². The lowest BCUT2D eigenvalue weighted by molar-refractivity contribution is -0.139. The number of fused-ring (bicyclic) bond motifs is 5. The first kappa shape index (κ1) is 25.1. The first-order chi connectivity index (χ1) is 17.7. The summed E-state index contributed by atoms with van der Waals surface area (Å²) < 4.78 is 5.61. The van der Waals surface area contributed by atoms with Crippen LogP contribution in [0.2, 0.25) is 5.02 Å². The Morgan fingerprint density at radius 3 is 2.19 bits per heavy atom. The molecule has 6 rings (SSSR count). The van der Waals surface area contributed by atoms with Gasteiger partial charge in [0, 0.05) is 33.3 Å². The SMILES string of the molecule is Cc1cc(OC(=O)[C@@H]2CC(=O)N(c3ccc(Cl)cc3)C2)ccc1N1C(=O)[C@@H]2[C@H]3C[C@@H]([C@H](Br)[C@@H]3Br)[C@@H]2C1=O. The first-order valence-electron chi connectivity index (χ1n) is 12.2. The van der Waals surface area contributed by atoms with E-state index in [4.69, 9.17) is 16.3 Å². The van der Waals surface area contributed by atoms with Crippen LogP contribution in [-0.2, 0) is 19.2 Å². The van der Waals surface area contributed by atoms with Crippen LogP contribution in [0.4, 0.5) is 11.4 Å². The van der Waals surface area contributed by atoms with Gasteiger partial charge in [-0.1, -0.05) is 43.5 Å². The van der Waals surface area contributed by atoms with E-state index in [0.717, 1.165) is 6.42 Å². The number of carbonyl (C=O) groups is 4. The number of nitrogens with zero attached hydrogens (tertiary/aromatic N) is 2. The summed E-state index contributed by atoms with van der Waals surface area (Å²) in [5.74, 6) is -1.55. The molecular weight excluding hydrogens is 628 g/mol. The number of halogens is 3. The molecule has 2 saturated carbocycles. The number of rotatable bonds is 4. The highest BCUT2D eigenvalue weighted by Crippen LogP contribution is 2.60. The normalized spacial score (nSPS) is 32.4. The van der Waals surface area contributed by atoms with Gasteiger partial charge < -0.3 is 9.64 Å². The number of esters is 1. The zero-order valence-electron chi connectivity index (χ0n) is 19.8. The molecule has 2 aromatic rings. The Bertz CT molecular complexity index is 1300. The third-order valence-electron chi connectivity index (χ3n) is 8.21. The number of carbonyl (C=O) groups excluding carboxylic acids is 4. The summed E-state index contributed by atoms with van der Waals surface area (Å²) in [6.45, 7) is 2.01. The van der Waals surface area contributed by atoms with Crippen LogP contribution in [0.25, 0.3) is 0 Å². The molecule has 2 saturated heterocycles. The molecule has 2 aromatic carbocycles. The van der Waals surface area contributed by atoms with E-state index in [1.165, 1.54) is 4.90 Å². The molecule has 37 heavy (non-hydrogen) atoms. The number of hydrogen-bond donors (Lipinski definition) is 0. The zero-order chi connectivity index (χ0) is 26.2. The number of amides is 3. The molecule has 7 nitrogen and oxygen atoms in total. The molecule has 0 aromatic heterocycles. The minimum atomic E-state index is -0.603. The molecule has 0 unspecified atom stereocenters. The Labute approximate surface area is 235 Å². The van der Waals surface area contributed by atoms with E-state index >= 15 is 0 Å². The van der Waals surface area contributed by atoms with Crippen molar-refractivity contribution in [2.45, 2.75) is 29.4 Å². The Balaban J connectivity index is 1.16. The minimum absolute atomic E-state index is 0.0591. The smallest absolute Gasteiger partial charge is 0.316 e. The van der Waals surface area contributed by atoms with Crippen LogP contribution in [0.3, 0.4) is 0 Å². The van der Waals surface area contributed by atoms with E-state index in [9.17, 15) is 19.2 Å². The van der Waals surface area contributed by atoms with Gasteiger partial charge in [-0.25, -0.2) is 4.90 Å². The molecule has 0 radical (unpaired) electrons. The van der Waals surface area contributed by atoms with Gasteiger partial charge >= 0.3 is 5.97 Å². The third kappa shape index (κ3) is 3.96. The second-order valence-electron chi connectivity index (χ2n) is 10.3. The highest BCUT2D eigenvalue weighted by molar-refractivity contribution is 9.12. The predicted octanol–water partition coefficient (Wildman–Crippen LogP) is 4.89. The fourth-order valence-electron chi connectivity index (χ4n) is 6.46. The molecular formula is C27H23Br2ClN2O5. The number of benzene rings is 2. The quantitative estimate of drug-likeness (QED) is 0.204. The summed E-state index contributed by atoms with van der Waals surface area (Å²) >= 11 is 13.4. The van der Waals surface area contributed by atoms with Crippen LogP contribution in [-0.4, -0.2) is 39.9 Å². The fourth-order valence-corrected chi connectivity index (χ4v) is 8.46. The Hall–Kier alpha value is -2.23. The monoisotopic (exact) mass is 648 g/mol. The topological polar surface area (TPSA) is 84.0 Å². The first-order valence-corrected chi connectivity index (χ1v) is 14.4. The highest BCUT2D eigenvalue weighted by atomic mass is 79.9. The number of ether oxygens (including phenoxy) is 1. The van der Waals surface area contributed by atoms with Gasteiger partial charge in [0.05, 0.1) is 23.4 Å². The molecule has 0 spiro atoms. The number of alkyl halides is 2. The fraction of sp³-hybridized carbons (Fsp3) is 0.407. The van der Waals surface area contributed by atoms with Crippen molar-refractivity contribution in [2.24, 2.45) is 29.6 Å². The number of hydrogen-bond acceptors (Lipinski definition) is 5. The van der Waals surface area contributed by atoms with Gasteiger partial charge in [-0.05, 0) is 73.2 Å². The van der Waals surface area contributed by atoms with Crippen molar-refractivity contribution in [3.63, 3.8) is 0 Å². The van der Waals surface area contributed by atoms with Crippen LogP contribution >= 0.6 is 43.5 Å². The Kier molecular flexibility index (Phi) is 6.24. The van der Waals surface area contributed by atoms with Crippen LogP contribution in [0.5, 0.6) is 5.75 Å². The molecule has 0 N–H and O–H groups in total. The van der Waals surface area contributed by atoms with Gasteiger partial charge in [-0.15, -0.1) is 0 Å². The molecule has 2 bridgehead atoms. The van der Waals surface area contributed by atoms with Gasteiger partial charge in [0.25, 0.3) is 0 Å². The number of imide groups is 1. The zero-order valence-corrected chi connectivity index (χ0v) is 23.7. The predicted molar refractivity (Wildman–Crippen MR) is 145 cm³/mol. The van der Waals surface area contributed by atoms with E-state index in [-0.39, 0.29) is 64.0 Å². The van der Waals surface area contributed by atoms with Gasteiger partial charge in [-0.3, -0.25) is 19.2 Å². The highest BCUT2D eigenvalue weighted by Gasteiger charge is 2.66. The van der Waals surface area contributed by atoms with Gasteiger partial charge in [0.2, 0.25) is 17.7 Å². The van der Waals surface area contributed by atoms with Gasteiger partial charge in [-0.2, -0.15) is 0 Å². The molecule has 192 valence electrons. The van der Waals surface area contributed by atoms with E-state index in [1.807, 2.05) is 0 Å². The third-order valence-corrected chi connectivity index (χ3v) is 11.7. The lowest BCUT2D eigenvalue weighted by Crippen LogP contribution is -2.37. The van der Waals surface area contributed by atoms with E-state index in [1.54, 1.807) is 54.3 Å². The second-order valence-corrected chi connectivity index (χ2v) is 12.8. The molecule has 3 amide bonds. The molecule has 2 aliphatic heterocycles. The maximum absolute atomic E-state index is 13.4. The Morgan fingerprint density at radius 2 is 1.59 bits per heavy atom. The van der Waals surface area contributed by atoms with Crippen LogP contribution < -0.4 is 14.5 Å². The van der Waals surface area contributed by atoms with Gasteiger partial charge in [0.1, 0.15) is 5.75 Å². The molecule has 10 heteroatoms. The standard InChI is InChI=1S/C27H23Br2ClN2O5/c1-12-8-16(37-27(36)13-9-20(33)31(11-13)15-4-2-14(30)3-5-15)6-7-19(12)32-25(34)21-17-10-18(22(21)26(32)35)24(29)23(17)28/h2-8,13,17-18,21-24H,9-11H2,1H3/t13-,17-,18-,21-,22+,23-,24+/m1/s1. The second kappa shape index (κ2) is 9.20. The maximum Gasteiger partial charge on any atom is 0.316 e. The average molecular weight is 651 g/mol. The van der Waals surface area contributed by atoms with Crippen LogP contribution in [0.15, 0.2) is 42.5 Å². The van der Waals surface area contributed by atoms with Crippen molar-refractivity contribution in [3.8, 4) is 5.75 Å². The van der Waals surface area contributed by atoms with Crippen molar-refractivity contribution in [1.82, 2.24) is 0 Å². The van der Waals surface area contributed by atoms with Crippen molar-refractivity contribution in [2.75, 3.05) is 16.3 Å². The van der Waals surface area contributed by atoms with Gasteiger partial charge in [0.15, 0.2) is 0 Å². The maximum atomic E-state index is 13.4. The number of anilines is 2. The average Bonchev–Trinajstić information content (AvgIpc) is 3.58. The summed E-state index contributed by atoms with van der Waals surface area (Å²) in [6.07, 6.45) is 0.934. The molecule has 4 fully saturated rings. The Morgan fingerprint density at radius 1 is 0.973 bits per heavy atom. The van der Waals surface area contributed by atoms with Crippen molar-refractivity contribution in [3.05, 3.63) is 53.1 Å². The number of aryl methyl sites for hydroxylation is 1. The van der Waals surface area contributed by atoms with Crippen molar-refractivity contribution in [1.29, 1.82) is 0 Å². The summed E-state index contributed by atoms with van der Waals surface area (Å²) in [6, 6.07) is 11.8. The van der Waals surface area contributed by atoms with Crippen LogP contribution in [0.1, 0.15) is 18.4 Å². The van der Waals surface area contributed by atoms with E-state index < -0.39 is 11.9 Å². The molecule has 2 aliphatic carbocycles. The van der Waals surface area contributed by atoms with E-state index in [0.29, 0.717) is 27.7 Å². The minimum Gasteiger partial charge on any atom is -0.426 e. The largest absolute Gasteiger partial charge is 0.426 e. The molecule has 4 aliphatic rings. The lowest BCUT2D eigenvalue weighted by Gasteiger charge is -2.28. The molecule has 7 atom stereocenters. The summed E-state index contributed by atoms with van der Waals surface area (Å²) in [7, 11) is 0. The summed E-state index contributed by atoms with van der Waals surface area (Å²) in [5, 5.41) is 0.567. The summed E-state index contributed by atoms with van der Waals surface area (Å²) in [4.78, 5) is 55.3. The van der Waals surface area contributed by atoms with E-state index in [2.05, 4.69) is 31.9 Å². The molecule has 2 heterocycles. The lowest BCUT2D eigenvalue weighted by atomic mass is 9.81. The van der Waals surface area contributed by atoms with Crippen molar-refractivity contribution >= 4 is 78.5 Å². The van der Waals surface area contributed by atoms with Crippen LogP contribution in [0, 0.1) is 36.5 Å². The summed E-state index contributed by atoms with van der Waals surface area (Å²) in [5.41, 5.74) is 1.86.